The lowest BCUT2D eigenvalue weighted by molar-refractivity contribution is -0.0627. The van der Waals surface area contributed by atoms with Crippen molar-refractivity contribution in [2.24, 2.45) is 5.41 Å². The molecule has 3 aromatic rings. The van der Waals surface area contributed by atoms with Crippen molar-refractivity contribution in [3.05, 3.63) is 24.7 Å². The molecule has 1 aliphatic heterocycles. The highest BCUT2D eigenvalue weighted by molar-refractivity contribution is 5.76. The largest absolute Gasteiger partial charge is 0.480 e. The van der Waals surface area contributed by atoms with E-state index in [1.807, 2.05) is 6.07 Å². The highest BCUT2D eigenvalue weighted by Gasteiger charge is 2.47. The highest BCUT2D eigenvalue weighted by atomic mass is 19.3. The summed E-state index contributed by atoms with van der Waals surface area (Å²) in [6.07, 6.45) is 7.06. The summed E-state index contributed by atoms with van der Waals surface area (Å²) >= 11 is 0. The molecule has 1 aliphatic carbocycles. The lowest BCUT2D eigenvalue weighted by atomic mass is 9.72. The molecule has 3 aromatic heterocycles. The van der Waals surface area contributed by atoms with Crippen molar-refractivity contribution < 1.29 is 18.3 Å². The van der Waals surface area contributed by atoms with Gasteiger partial charge in [-0.25, -0.2) is 23.3 Å². The van der Waals surface area contributed by atoms with Gasteiger partial charge in [-0.15, -0.1) is 0 Å². The van der Waals surface area contributed by atoms with E-state index in [1.54, 1.807) is 23.1 Å². The molecule has 8 nitrogen and oxygen atoms in total. The maximum absolute atomic E-state index is 13.7. The summed E-state index contributed by atoms with van der Waals surface area (Å²) in [5, 5.41) is 4.65. The topological polar surface area (TPSA) is 77.7 Å². The van der Waals surface area contributed by atoms with Crippen LogP contribution in [-0.4, -0.2) is 57.8 Å². The molecule has 0 atom stereocenters. The van der Waals surface area contributed by atoms with Gasteiger partial charge in [0.25, 0.3) is 0 Å². The number of hydrogen-bond acceptors (Lipinski definition) is 7. The second-order valence-corrected chi connectivity index (χ2v) is 8.42. The fourth-order valence-corrected chi connectivity index (χ4v) is 4.74. The Kier molecular flexibility index (Phi) is 4.67. The van der Waals surface area contributed by atoms with Gasteiger partial charge in [0.15, 0.2) is 5.65 Å². The second-order valence-electron chi connectivity index (χ2n) is 8.42. The van der Waals surface area contributed by atoms with E-state index >= 15 is 0 Å². The van der Waals surface area contributed by atoms with Crippen LogP contribution >= 0.6 is 0 Å². The van der Waals surface area contributed by atoms with Gasteiger partial charge in [-0.05, 0) is 30.7 Å². The van der Waals surface area contributed by atoms with Crippen LogP contribution < -0.4 is 14.4 Å². The summed E-state index contributed by atoms with van der Waals surface area (Å²) in [6.45, 7) is 1.54. The Morgan fingerprint density at radius 1 is 1.03 bits per heavy atom. The van der Waals surface area contributed by atoms with Gasteiger partial charge in [0.2, 0.25) is 11.8 Å². The van der Waals surface area contributed by atoms with Gasteiger partial charge < -0.3 is 14.4 Å². The molecule has 1 saturated heterocycles. The van der Waals surface area contributed by atoms with Crippen LogP contribution in [0, 0.1) is 5.41 Å². The Bertz CT molecular complexity index is 1110. The van der Waals surface area contributed by atoms with E-state index in [-0.39, 0.29) is 24.3 Å². The van der Waals surface area contributed by atoms with Crippen molar-refractivity contribution in [2.75, 3.05) is 32.2 Å². The van der Waals surface area contributed by atoms with E-state index in [0.29, 0.717) is 30.0 Å². The third-order valence-electron chi connectivity index (χ3n) is 6.54. The maximum Gasteiger partial charge on any atom is 0.319 e. The van der Waals surface area contributed by atoms with E-state index in [4.69, 9.17) is 9.47 Å². The number of hydrogen-bond donors (Lipinski definition) is 0. The highest BCUT2D eigenvalue weighted by Crippen LogP contribution is 2.49. The van der Waals surface area contributed by atoms with E-state index in [2.05, 4.69) is 25.0 Å². The van der Waals surface area contributed by atoms with Crippen molar-refractivity contribution in [1.29, 1.82) is 0 Å². The molecule has 164 valence electrons. The number of ether oxygens (including phenoxy) is 2. The smallest absolute Gasteiger partial charge is 0.319 e. The molecule has 0 unspecified atom stereocenters. The van der Waals surface area contributed by atoms with E-state index in [1.165, 1.54) is 14.2 Å². The van der Waals surface area contributed by atoms with Gasteiger partial charge in [-0.1, -0.05) is 0 Å². The molecule has 1 saturated carbocycles. The minimum absolute atomic E-state index is 0.0262. The lowest BCUT2D eigenvalue weighted by Crippen LogP contribution is -2.35. The predicted octanol–water partition coefficient (Wildman–Crippen LogP) is 3.61. The molecule has 1 spiro atoms. The minimum atomic E-state index is -2.52. The standard InChI is InChI=1S/C21H24F2N6O2/c1-30-18-14(12-25-19(26-18)31-2)15-11-16(17-24-8-10-29(17)27-15)28-9-7-20(13-28)3-5-21(22,23)6-4-20/h8,10-12H,3-7,9,13H2,1-2H3. The molecule has 0 radical (unpaired) electrons. The molecule has 31 heavy (non-hydrogen) atoms. The molecule has 0 bridgehead atoms. The quantitative estimate of drug-likeness (QED) is 0.626. The molecule has 2 aliphatic rings. The van der Waals surface area contributed by atoms with Crippen molar-refractivity contribution in [3.63, 3.8) is 0 Å². The summed E-state index contributed by atoms with van der Waals surface area (Å²) in [7, 11) is 3.03. The normalized spacial score (nSPS) is 19.8. The molecule has 0 N–H and O–H groups in total. The summed E-state index contributed by atoms with van der Waals surface area (Å²) in [5.41, 5.74) is 2.86. The zero-order chi connectivity index (χ0) is 21.6. The Morgan fingerprint density at radius 3 is 2.58 bits per heavy atom. The summed E-state index contributed by atoms with van der Waals surface area (Å²) in [6, 6.07) is 2.16. The average Bonchev–Trinajstić information content (AvgIpc) is 3.42. The van der Waals surface area contributed by atoms with Crippen LogP contribution in [0.15, 0.2) is 24.7 Å². The van der Waals surface area contributed by atoms with Crippen LogP contribution in [-0.2, 0) is 0 Å². The zero-order valence-electron chi connectivity index (χ0n) is 17.5. The number of aromatic nitrogens is 5. The zero-order valence-corrected chi connectivity index (χ0v) is 17.5. The Hall–Kier alpha value is -3.04. The monoisotopic (exact) mass is 430 g/mol. The van der Waals surface area contributed by atoms with Crippen LogP contribution in [0.5, 0.6) is 11.9 Å². The van der Waals surface area contributed by atoms with Gasteiger partial charge in [-0.2, -0.15) is 10.1 Å². The molecular formula is C21H24F2N6O2. The van der Waals surface area contributed by atoms with Gasteiger partial charge in [0.1, 0.15) is 5.69 Å². The molecule has 10 heteroatoms. The number of halogens is 2. The molecule has 2 fully saturated rings. The predicted molar refractivity (Wildman–Crippen MR) is 110 cm³/mol. The Labute approximate surface area is 178 Å². The van der Waals surface area contributed by atoms with Gasteiger partial charge in [-0.3, -0.25) is 0 Å². The number of methoxy groups -OCH3 is 2. The fraction of sp³-hybridized carbons (Fsp3) is 0.524. The van der Waals surface area contributed by atoms with Crippen LogP contribution in [0.2, 0.25) is 0 Å². The second kappa shape index (κ2) is 7.28. The molecule has 0 aromatic carbocycles. The van der Waals surface area contributed by atoms with E-state index in [9.17, 15) is 8.78 Å². The number of imidazole rings is 1. The van der Waals surface area contributed by atoms with Crippen molar-refractivity contribution in [1.82, 2.24) is 24.6 Å². The van der Waals surface area contributed by atoms with Crippen LogP contribution in [0.25, 0.3) is 16.9 Å². The molecule has 4 heterocycles. The Morgan fingerprint density at radius 2 is 1.84 bits per heavy atom. The summed E-state index contributed by atoms with van der Waals surface area (Å²) < 4.78 is 39.7. The number of alkyl halides is 2. The van der Waals surface area contributed by atoms with Crippen molar-refractivity contribution in [3.8, 4) is 23.1 Å². The first-order valence-electron chi connectivity index (χ1n) is 10.3. The van der Waals surface area contributed by atoms with Crippen LogP contribution in [0.3, 0.4) is 0 Å². The van der Waals surface area contributed by atoms with Gasteiger partial charge in [0, 0.05) is 44.5 Å². The summed E-state index contributed by atoms with van der Waals surface area (Å²) in [4.78, 5) is 15.2. The van der Waals surface area contributed by atoms with E-state index in [0.717, 1.165) is 30.8 Å². The van der Waals surface area contributed by atoms with Crippen molar-refractivity contribution >= 4 is 11.3 Å². The van der Waals surface area contributed by atoms with Crippen LogP contribution in [0.1, 0.15) is 32.1 Å². The first kappa shape index (κ1) is 19.9. The Balaban J connectivity index is 1.52. The van der Waals surface area contributed by atoms with Gasteiger partial charge in [0.05, 0.1) is 25.5 Å². The fourth-order valence-electron chi connectivity index (χ4n) is 4.74. The number of nitrogens with zero attached hydrogens (tertiary/aromatic N) is 6. The SMILES string of the molecule is COc1ncc(-c2cc(N3CCC4(CCC(F)(F)CC4)C3)c3nccn3n2)c(OC)n1. The number of anilines is 1. The lowest BCUT2D eigenvalue weighted by Gasteiger charge is -2.37. The molecule has 0 amide bonds. The third kappa shape index (κ3) is 3.53. The number of rotatable bonds is 4. The molecule has 5 rings (SSSR count). The van der Waals surface area contributed by atoms with Gasteiger partial charge >= 0.3 is 6.01 Å². The third-order valence-corrected chi connectivity index (χ3v) is 6.54. The van der Waals surface area contributed by atoms with Crippen LogP contribution in [0.4, 0.5) is 14.5 Å². The average molecular weight is 430 g/mol. The molecular weight excluding hydrogens is 406 g/mol. The first-order valence-corrected chi connectivity index (χ1v) is 10.3. The summed E-state index contributed by atoms with van der Waals surface area (Å²) in [5.74, 6) is -2.17. The number of fused-ring (bicyclic) bond motifs is 1. The van der Waals surface area contributed by atoms with E-state index < -0.39 is 5.92 Å². The minimum Gasteiger partial charge on any atom is -0.480 e. The maximum atomic E-state index is 13.7. The van der Waals surface area contributed by atoms with Crippen molar-refractivity contribution in [2.45, 2.75) is 38.0 Å². The first-order chi connectivity index (χ1) is 14.9.